The second-order valence-corrected chi connectivity index (χ2v) is 17.2. The molecule has 2 atom stereocenters. The molecule has 4 N–H and O–H groups in total. The summed E-state index contributed by atoms with van der Waals surface area (Å²) in [5.74, 6) is -1.28. The van der Waals surface area contributed by atoms with Gasteiger partial charge in [-0.1, -0.05) is 210 Å². The first kappa shape index (κ1) is 57.3. The van der Waals surface area contributed by atoms with Gasteiger partial charge in [0.2, 0.25) is 5.91 Å². The molecule has 0 rings (SSSR count). The van der Waals surface area contributed by atoms with E-state index in [0.29, 0.717) is 32.2 Å². The molecular formula is C53H96N2O5. The number of nitrogens with two attached hydrogens (primary N) is 1. The van der Waals surface area contributed by atoms with Crippen LogP contribution in [0.1, 0.15) is 251 Å². The van der Waals surface area contributed by atoms with E-state index >= 15 is 0 Å². The molecule has 0 aliphatic rings. The second-order valence-electron chi connectivity index (χ2n) is 17.2. The van der Waals surface area contributed by atoms with Crippen LogP contribution in [-0.4, -0.2) is 41.6 Å². The van der Waals surface area contributed by atoms with Gasteiger partial charge >= 0.3 is 11.9 Å². The first-order valence-corrected chi connectivity index (χ1v) is 25.5. The second kappa shape index (κ2) is 47.4. The van der Waals surface area contributed by atoms with Crippen LogP contribution in [0.15, 0.2) is 48.6 Å². The summed E-state index contributed by atoms with van der Waals surface area (Å²) in [5, 5.41) is 12.0. The van der Waals surface area contributed by atoms with E-state index in [1.807, 2.05) is 0 Å². The normalized spacial score (nSPS) is 13.0. The Morgan fingerprint density at radius 2 is 0.917 bits per heavy atom. The summed E-state index contributed by atoms with van der Waals surface area (Å²) in [4.78, 5) is 36.5. The summed E-state index contributed by atoms with van der Waals surface area (Å²) >= 11 is 0. The van der Waals surface area contributed by atoms with E-state index in [1.165, 1.54) is 122 Å². The lowest BCUT2D eigenvalue weighted by molar-refractivity contribution is -0.150. The van der Waals surface area contributed by atoms with Crippen LogP contribution >= 0.6 is 0 Å². The highest BCUT2D eigenvalue weighted by atomic mass is 16.5. The van der Waals surface area contributed by atoms with Gasteiger partial charge in [-0.05, 0) is 83.6 Å². The van der Waals surface area contributed by atoms with Crippen LogP contribution in [0.4, 0.5) is 0 Å². The van der Waals surface area contributed by atoms with E-state index in [4.69, 9.17) is 10.5 Å². The third-order valence-corrected chi connectivity index (χ3v) is 11.4. The van der Waals surface area contributed by atoms with Gasteiger partial charge in [0.05, 0.1) is 0 Å². The van der Waals surface area contributed by atoms with Gasteiger partial charge in [-0.15, -0.1) is 0 Å². The van der Waals surface area contributed by atoms with Crippen LogP contribution in [0, 0.1) is 0 Å². The number of unbranched alkanes of at least 4 members (excludes halogenated alkanes) is 24. The Kier molecular flexibility index (Phi) is 45.3. The molecule has 0 spiro atoms. The number of carbonyl (C=O) groups excluding carboxylic acids is 2. The molecule has 60 heavy (non-hydrogen) atoms. The predicted octanol–water partition coefficient (Wildman–Crippen LogP) is 15.1. The molecule has 2 unspecified atom stereocenters. The van der Waals surface area contributed by atoms with Crippen LogP contribution in [0.2, 0.25) is 0 Å². The smallest absolute Gasteiger partial charge is 0.326 e. The van der Waals surface area contributed by atoms with E-state index < -0.39 is 12.0 Å². The molecule has 348 valence electrons. The molecule has 0 aliphatic heterocycles. The molecule has 7 nitrogen and oxygen atoms in total. The third-order valence-electron chi connectivity index (χ3n) is 11.4. The first-order valence-electron chi connectivity index (χ1n) is 25.5. The van der Waals surface area contributed by atoms with Crippen molar-refractivity contribution < 1.29 is 24.2 Å². The van der Waals surface area contributed by atoms with Gasteiger partial charge in [-0.2, -0.15) is 0 Å². The number of esters is 1. The van der Waals surface area contributed by atoms with Crippen molar-refractivity contribution in [1.82, 2.24) is 5.32 Å². The van der Waals surface area contributed by atoms with Gasteiger partial charge in [0.1, 0.15) is 12.1 Å². The lowest BCUT2D eigenvalue weighted by atomic mass is 10.0. The van der Waals surface area contributed by atoms with Gasteiger partial charge in [-0.25, -0.2) is 4.79 Å². The molecule has 0 radical (unpaired) electrons. The fraction of sp³-hybridized carbons (Fsp3) is 0.792. The summed E-state index contributed by atoms with van der Waals surface area (Å²) in [7, 11) is 0. The van der Waals surface area contributed by atoms with Gasteiger partial charge in [0.25, 0.3) is 0 Å². The average Bonchev–Trinajstić information content (AvgIpc) is 3.23. The number of aliphatic carboxylic acids is 1. The zero-order chi connectivity index (χ0) is 43.8. The van der Waals surface area contributed by atoms with E-state index in [0.717, 1.165) is 89.9 Å². The molecule has 0 aromatic carbocycles. The zero-order valence-electron chi connectivity index (χ0n) is 39.3. The predicted molar refractivity (Wildman–Crippen MR) is 257 cm³/mol. The maximum absolute atomic E-state index is 12.9. The summed E-state index contributed by atoms with van der Waals surface area (Å²) in [6.07, 6.45) is 59.0. The van der Waals surface area contributed by atoms with E-state index in [9.17, 15) is 19.5 Å². The fourth-order valence-corrected chi connectivity index (χ4v) is 7.62. The minimum absolute atomic E-state index is 0.0555. The summed E-state index contributed by atoms with van der Waals surface area (Å²) in [6, 6.07) is -0.865. The Balaban J connectivity index is 4.27. The number of carboxylic acid groups (broad SMARTS) is 1. The highest BCUT2D eigenvalue weighted by molar-refractivity contribution is 5.83. The van der Waals surface area contributed by atoms with Gasteiger partial charge in [0, 0.05) is 12.8 Å². The SMILES string of the molecule is CC/C=C\C/C=C\C/C=C\C/C=C\CCC(CCCCCCCC(=O)NC(CCCN)C(=O)O)OC(=O)CCCCCCCCCCCCCCCCCCCCCCC. The number of hydrogen-bond donors (Lipinski definition) is 3. The highest BCUT2D eigenvalue weighted by Crippen LogP contribution is 2.18. The molecule has 0 heterocycles. The van der Waals surface area contributed by atoms with E-state index in [1.54, 1.807) is 0 Å². The van der Waals surface area contributed by atoms with Gasteiger partial charge < -0.3 is 20.9 Å². The Labute approximate surface area is 370 Å². The monoisotopic (exact) mass is 841 g/mol. The number of allylic oxidation sites excluding steroid dienone is 8. The van der Waals surface area contributed by atoms with Gasteiger partial charge in [0.15, 0.2) is 0 Å². The lowest BCUT2D eigenvalue weighted by Gasteiger charge is -2.17. The number of rotatable bonds is 46. The Morgan fingerprint density at radius 3 is 1.37 bits per heavy atom. The largest absolute Gasteiger partial charge is 0.480 e. The van der Waals surface area contributed by atoms with Crippen LogP contribution in [0.3, 0.4) is 0 Å². The molecule has 0 aromatic heterocycles. The fourth-order valence-electron chi connectivity index (χ4n) is 7.62. The van der Waals surface area contributed by atoms with E-state index in [-0.39, 0.29) is 18.0 Å². The number of ether oxygens (including phenoxy) is 1. The molecule has 7 heteroatoms. The van der Waals surface area contributed by atoms with Crippen molar-refractivity contribution in [1.29, 1.82) is 0 Å². The summed E-state index contributed by atoms with van der Waals surface area (Å²) in [5.41, 5.74) is 5.50. The lowest BCUT2D eigenvalue weighted by Crippen LogP contribution is -2.40. The minimum Gasteiger partial charge on any atom is -0.480 e. The number of amides is 1. The number of carbonyl (C=O) groups is 3. The Hall–Kier alpha value is -2.67. The van der Waals surface area contributed by atoms with Crippen molar-refractivity contribution in [3.63, 3.8) is 0 Å². The van der Waals surface area contributed by atoms with Crippen molar-refractivity contribution in [2.24, 2.45) is 5.73 Å². The highest BCUT2D eigenvalue weighted by Gasteiger charge is 2.19. The number of nitrogens with one attached hydrogen (secondary N) is 1. The Bertz CT molecular complexity index is 1080. The molecule has 0 saturated carbocycles. The van der Waals surface area contributed by atoms with Crippen molar-refractivity contribution in [3.05, 3.63) is 48.6 Å². The van der Waals surface area contributed by atoms with Crippen molar-refractivity contribution in [3.8, 4) is 0 Å². The zero-order valence-corrected chi connectivity index (χ0v) is 39.3. The number of carboxylic acids is 1. The van der Waals surface area contributed by atoms with Crippen molar-refractivity contribution >= 4 is 17.8 Å². The summed E-state index contributed by atoms with van der Waals surface area (Å²) < 4.78 is 6.04. The molecule has 1 amide bonds. The minimum atomic E-state index is -1.01. The average molecular weight is 841 g/mol. The van der Waals surface area contributed by atoms with Gasteiger partial charge in [-0.3, -0.25) is 9.59 Å². The molecule has 0 aliphatic carbocycles. The van der Waals surface area contributed by atoms with Crippen molar-refractivity contribution in [2.75, 3.05) is 6.54 Å². The third kappa shape index (κ3) is 43.4. The van der Waals surface area contributed by atoms with Crippen LogP contribution in [0.5, 0.6) is 0 Å². The molecule has 0 fully saturated rings. The molecular weight excluding hydrogens is 745 g/mol. The Morgan fingerprint density at radius 1 is 0.500 bits per heavy atom. The molecule has 0 bridgehead atoms. The van der Waals surface area contributed by atoms with E-state index in [2.05, 4.69) is 67.8 Å². The molecule has 0 saturated heterocycles. The number of hydrogen-bond acceptors (Lipinski definition) is 5. The first-order chi connectivity index (χ1) is 29.4. The molecule has 0 aromatic rings. The quantitative estimate of drug-likeness (QED) is 0.0319. The standard InChI is InChI=1S/C53H96N2O5/c1-3-5-7-9-11-13-15-17-18-19-20-21-22-23-24-26-28-30-32-37-41-47-52(57)60-49(43-38-34-31-29-27-25-16-14-12-10-8-6-4-2)44-39-35-33-36-40-46-51(56)55-50(53(58)59)45-42-48-54/h6,8,12,14,25,27,31,34,49-50H,3-5,7,9-11,13,15-24,26,28-30,32-33,35-48,54H2,1-2H3,(H,55,56)(H,58,59)/b8-6-,14-12-,27-25-,34-31-. The van der Waals surface area contributed by atoms with Crippen LogP contribution in [-0.2, 0) is 19.1 Å². The van der Waals surface area contributed by atoms with Crippen LogP contribution in [0.25, 0.3) is 0 Å². The topological polar surface area (TPSA) is 119 Å². The maximum Gasteiger partial charge on any atom is 0.326 e. The van der Waals surface area contributed by atoms with Crippen molar-refractivity contribution in [2.45, 2.75) is 264 Å². The maximum atomic E-state index is 12.9. The van der Waals surface area contributed by atoms with Crippen LogP contribution < -0.4 is 11.1 Å². The summed E-state index contributed by atoms with van der Waals surface area (Å²) in [6.45, 7) is 4.85.